The molecule has 0 bridgehead atoms. The van der Waals surface area contributed by atoms with Gasteiger partial charge in [0, 0.05) is 11.6 Å². The highest BCUT2D eigenvalue weighted by Gasteiger charge is 2.49. The highest BCUT2D eigenvalue weighted by Crippen LogP contribution is 2.41. The Morgan fingerprint density at radius 3 is 2.82 bits per heavy atom. The predicted molar refractivity (Wildman–Crippen MR) is 54.0 cm³/mol. The number of ether oxygens (including phenoxy) is 1. The van der Waals surface area contributed by atoms with E-state index in [1.165, 1.54) is 24.8 Å². The Hall–Kier alpha value is -1.82. The zero-order chi connectivity index (χ0) is 11.9. The first-order valence-electron chi connectivity index (χ1n) is 5.11. The number of hydrogen-bond acceptors (Lipinski definition) is 3. The lowest BCUT2D eigenvalue weighted by atomic mass is 9.99. The van der Waals surface area contributed by atoms with Gasteiger partial charge in [0.25, 0.3) is 0 Å². The first kappa shape index (κ1) is 10.3. The Labute approximate surface area is 95.8 Å². The summed E-state index contributed by atoms with van der Waals surface area (Å²) in [6.45, 7) is 0.769. The molecule has 6 heteroatoms. The molecule has 2 aromatic rings. The number of hydrogen-bond donors (Lipinski definition) is 0. The van der Waals surface area contributed by atoms with E-state index in [1.54, 1.807) is 4.68 Å². The van der Waals surface area contributed by atoms with E-state index in [4.69, 9.17) is 4.74 Å². The molecule has 88 valence electrons. The first-order chi connectivity index (χ1) is 8.20. The molecule has 1 saturated heterocycles. The van der Waals surface area contributed by atoms with Crippen molar-refractivity contribution in [2.45, 2.75) is 12.1 Å². The number of aromatic nitrogens is 3. The molecule has 4 nitrogen and oxygen atoms in total. The van der Waals surface area contributed by atoms with Crippen molar-refractivity contribution < 1.29 is 13.5 Å². The summed E-state index contributed by atoms with van der Waals surface area (Å²) in [4.78, 5) is 3.81. The highest BCUT2D eigenvalue weighted by atomic mass is 19.1. The van der Waals surface area contributed by atoms with Crippen molar-refractivity contribution in [3.05, 3.63) is 48.1 Å². The van der Waals surface area contributed by atoms with Crippen molar-refractivity contribution in [2.75, 3.05) is 6.61 Å². The van der Waals surface area contributed by atoms with Crippen LogP contribution in [0.25, 0.3) is 0 Å². The monoisotopic (exact) mass is 237 g/mol. The van der Waals surface area contributed by atoms with E-state index in [0.717, 1.165) is 6.07 Å². The molecule has 1 atom stereocenters. The van der Waals surface area contributed by atoms with E-state index < -0.39 is 17.2 Å². The maximum atomic E-state index is 13.6. The summed E-state index contributed by atoms with van der Waals surface area (Å²) in [6.07, 6.45) is 2.93. The van der Waals surface area contributed by atoms with Crippen LogP contribution in [0.15, 0.2) is 30.9 Å². The maximum Gasteiger partial charge on any atom is 0.139 e. The molecule has 0 N–H and O–H groups in total. The molecule has 1 fully saturated rings. The van der Waals surface area contributed by atoms with E-state index in [9.17, 15) is 8.78 Å². The van der Waals surface area contributed by atoms with Gasteiger partial charge in [-0.3, -0.25) is 0 Å². The van der Waals surface area contributed by atoms with Crippen LogP contribution in [0, 0.1) is 11.6 Å². The van der Waals surface area contributed by atoms with Gasteiger partial charge >= 0.3 is 0 Å². The molecule has 1 aliphatic heterocycles. The second kappa shape index (κ2) is 3.59. The minimum Gasteiger partial charge on any atom is -0.362 e. The van der Waals surface area contributed by atoms with Crippen molar-refractivity contribution in [1.29, 1.82) is 0 Å². The molecule has 3 rings (SSSR count). The van der Waals surface area contributed by atoms with Crippen LogP contribution in [0.3, 0.4) is 0 Å². The largest absolute Gasteiger partial charge is 0.362 e. The molecule has 2 heterocycles. The minimum atomic E-state index is -0.731. The van der Waals surface area contributed by atoms with Crippen molar-refractivity contribution in [2.24, 2.45) is 0 Å². The Balaban J connectivity index is 1.92. The second-order valence-corrected chi connectivity index (χ2v) is 4.00. The molecule has 0 amide bonds. The molecule has 17 heavy (non-hydrogen) atoms. The van der Waals surface area contributed by atoms with Crippen LogP contribution in [0.1, 0.15) is 5.56 Å². The summed E-state index contributed by atoms with van der Waals surface area (Å²) < 4.78 is 33.4. The van der Waals surface area contributed by atoms with Crippen LogP contribution >= 0.6 is 0 Å². The molecular formula is C11H9F2N3O. The molecule has 0 unspecified atom stereocenters. The lowest BCUT2D eigenvalue weighted by molar-refractivity contribution is 0.262. The van der Waals surface area contributed by atoms with Gasteiger partial charge in [0.2, 0.25) is 0 Å². The summed E-state index contributed by atoms with van der Waals surface area (Å²) in [7, 11) is 0. The maximum absolute atomic E-state index is 13.6. The molecule has 1 aromatic carbocycles. The molecule has 1 aromatic heterocycles. The average Bonchev–Trinajstić information content (AvgIpc) is 2.86. The molecule has 0 saturated carbocycles. The fourth-order valence-corrected chi connectivity index (χ4v) is 1.85. The van der Waals surface area contributed by atoms with Crippen molar-refractivity contribution in [3.8, 4) is 0 Å². The van der Waals surface area contributed by atoms with Gasteiger partial charge < -0.3 is 4.74 Å². The van der Waals surface area contributed by atoms with E-state index >= 15 is 0 Å². The summed E-state index contributed by atoms with van der Waals surface area (Å²) in [5.41, 5.74) is -0.375. The van der Waals surface area contributed by atoms with Crippen molar-refractivity contribution >= 4 is 0 Å². The molecule has 1 aliphatic rings. The summed E-state index contributed by atoms with van der Waals surface area (Å²) in [5, 5.41) is 3.94. The van der Waals surface area contributed by atoms with Gasteiger partial charge in [0.05, 0.1) is 13.2 Å². The van der Waals surface area contributed by atoms with Crippen LogP contribution in [0.4, 0.5) is 8.78 Å². The Morgan fingerprint density at radius 1 is 1.41 bits per heavy atom. The lowest BCUT2D eigenvalue weighted by Crippen LogP contribution is -2.19. The first-order valence-corrected chi connectivity index (χ1v) is 5.11. The van der Waals surface area contributed by atoms with Crippen LogP contribution in [0.5, 0.6) is 0 Å². The van der Waals surface area contributed by atoms with Gasteiger partial charge in [-0.15, -0.1) is 0 Å². The zero-order valence-corrected chi connectivity index (χ0v) is 8.81. The van der Waals surface area contributed by atoms with E-state index in [1.807, 2.05) is 0 Å². The second-order valence-electron chi connectivity index (χ2n) is 4.00. The summed E-state index contributed by atoms with van der Waals surface area (Å²) >= 11 is 0. The topological polar surface area (TPSA) is 43.2 Å². The average molecular weight is 237 g/mol. The SMILES string of the molecule is Fc1ccc([C@@]2(Cn3cncn3)CO2)c(F)c1. The highest BCUT2D eigenvalue weighted by molar-refractivity contribution is 5.28. The fourth-order valence-electron chi connectivity index (χ4n) is 1.85. The van der Waals surface area contributed by atoms with Crippen LogP contribution in [-0.2, 0) is 16.9 Å². The third kappa shape index (κ3) is 1.80. The normalized spacial score (nSPS) is 22.7. The predicted octanol–water partition coefficient (Wildman–Crippen LogP) is 1.48. The fraction of sp³-hybridized carbons (Fsp3) is 0.273. The van der Waals surface area contributed by atoms with Gasteiger partial charge in [-0.1, -0.05) is 6.07 Å². The van der Waals surface area contributed by atoms with E-state index in [2.05, 4.69) is 10.1 Å². The Morgan fingerprint density at radius 2 is 2.24 bits per heavy atom. The quantitative estimate of drug-likeness (QED) is 0.759. The summed E-state index contributed by atoms with van der Waals surface area (Å²) in [5.74, 6) is -1.19. The Bertz CT molecular complexity index is 538. The van der Waals surface area contributed by atoms with E-state index in [-0.39, 0.29) is 0 Å². The van der Waals surface area contributed by atoms with Gasteiger partial charge in [0.15, 0.2) is 0 Å². The molecule has 0 radical (unpaired) electrons. The van der Waals surface area contributed by atoms with Crippen LogP contribution < -0.4 is 0 Å². The number of nitrogens with zero attached hydrogens (tertiary/aromatic N) is 3. The van der Waals surface area contributed by atoms with E-state index in [0.29, 0.717) is 18.7 Å². The van der Waals surface area contributed by atoms with Gasteiger partial charge in [-0.2, -0.15) is 5.10 Å². The van der Waals surface area contributed by atoms with Crippen molar-refractivity contribution in [3.63, 3.8) is 0 Å². The van der Waals surface area contributed by atoms with Gasteiger partial charge in [0.1, 0.15) is 29.9 Å². The summed E-state index contributed by atoms with van der Waals surface area (Å²) in [6, 6.07) is 3.50. The Kier molecular flexibility index (Phi) is 2.19. The zero-order valence-electron chi connectivity index (χ0n) is 8.81. The lowest BCUT2D eigenvalue weighted by Gasteiger charge is -2.12. The minimum absolute atomic E-state index is 0.356. The number of halogens is 2. The van der Waals surface area contributed by atoms with Crippen molar-refractivity contribution in [1.82, 2.24) is 14.8 Å². The number of benzene rings is 1. The van der Waals surface area contributed by atoms with Crippen LogP contribution in [0.2, 0.25) is 0 Å². The molecular weight excluding hydrogens is 228 g/mol. The van der Waals surface area contributed by atoms with Crippen LogP contribution in [-0.4, -0.2) is 21.4 Å². The molecule has 0 spiro atoms. The number of epoxide rings is 1. The number of rotatable bonds is 3. The third-order valence-corrected chi connectivity index (χ3v) is 2.80. The smallest absolute Gasteiger partial charge is 0.139 e. The van der Waals surface area contributed by atoms with Gasteiger partial charge in [-0.25, -0.2) is 18.4 Å². The standard InChI is InChI=1S/C11H9F2N3O/c12-8-1-2-9(10(13)3-8)11(5-17-11)4-16-7-14-6-15-16/h1-3,6-7H,4-5H2/t11-/m1/s1. The van der Waals surface area contributed by atoms with Gasteiger partial charge in [-0.05, 0) is 6.07 Å². The molecule has 0 aliphatic carbocycles. The third-order valence-electron chi connectivity index (χ3n) is 2.80.